The molecule has 0 aliphatic carbocycles. The number of carbonyl (C=O) groups excluding carboxylic acids is 4. The maximum atomic E-state index is 13.2. The summed E-state index contributed by atoms with van der Waals surface area (Å²) in [6, 6.07) is 16.7. The average Bonchev–Trinajstić information content (AvgIpc) is 3.07. The first-order valence-electron chi connectivity index (χ1n) is 10.6. The van der Waals surface area contributed by atoms with E-state index in [1.807, 2.05) is 30.3 Å². The Labute approximate surface area is 196 Å². The van der Waals surface area contributed by atoms with E-state index in [-0.39, 0.29) is 5.91 Å². The van der Waals surface area contributed by atoms with Gasteiger partial charge < -0.3 is 20.7 Å². The first-order valence-corrected chi connectivity index (χ1v) is 10.6. The molecule has 4 rings (SSSR count). The third kappa shape index (κ3) is 4.15. The zero-order valence-electron chi connectivity index (χ0n) is 19.0. The summed E-state index contributed by atoms with van der Waals surface area (Å²) in [5, 5.41) is 9.69. The maximum Gasteiger partial charge on any atom is 0.325 e. The van der Waals surface area contributed by atoms with Gasteiger partial charge in [-0.1, -0.05) is 18.2 Å². The summed E-state index contributed by atoms with van der Waals surface area (Å²) in [4.78, 5) is 50.9. The summed E-state index contributed by atoms with van der Waals surface area (Å²) in [6.07, 6.45) is 0. The van der Waals surface area contributed by atoms with Gasteiger partial charge in [-0.2, -0.15) is 0 Å². The summed E-state index contributed by atoms with van der Waals surface area (Å²) >= 11 is 0. The number of hydrogen-bond donors (Lipinski definition) is 3. The Kier molecular flexibility index (Phi) is 5.93. The Morgan fingerprint density at radius 1 is 1.00 bits per heavy atom. The smallest absolute Gasteiger partial charge is 0.325 e. The number of nitrogens with zero attached hydrogens (tertiary/aromatic N) is 1. The Bertz CT molecular complexity index is 1300. The van der Waals surface area contributed by atoms with Gasteiger partial charge in [-0.15, -0.1) is 0 Å². The molecule has 3 N–H and O–H groups in total. The normalized spacial score (nSPS) is 17.4. The molecule has 0 saturated carbocycles. The monoisotopic (exact) mass is 460 g/mol. The van der Waals surface area contributed by atoms with Gasteiger partial charge >= 0.3 is 6.03 Å². The molecule has 1 fully saturated rings. The molecule has 174 valence electrons. The lowest BCUT2D eigenvalue weighted by atomic mass is 9.90. The Morgan fingerprint density at radius 3 is 2.35 bits per heavy atom. The first kappa shape index (κ1) is 22.8. The first-order chi connectivity index (χ1) is 16.2. The van der Waals surface area contributed by atoms with Gasteiger partial charge in [0.2, 0.25) is 5.91 Å². The van der Waals surface area contributed by atoms with E-state index in [0.29, 0.717) is 16.8 Å². The largest absolute Gasteiger partial charge is 0.497 e. The van der Waals surface area contributed by atoms with E-state index < -0.39 is 29.9 Å². The highest BCUT2D eigenvalue weighted by Crippen LogP contribution is 2.32. The highest BCUT2D eigenvalue weighted by molar-refractivity contribution is 6.10. The van der Waals surface area contributed by atoms with E-state index in [0.717, 1.165) is 21.4 Å². The standard InChI is InChI=1S/C25H24N4O5/c1-25(18-8-4-17-13-20(34-3)11-7-16(17)12-18)23(32)29(24(33)28-25)14-21(30)27-19-9-5-15(6-10-19)22(31)26-2/h4-13H,14H2,1-3H3,(H,26,31)(H,27,30)(H,28,33)/t25-/m1/s1. The zero-order chi connectivity index (χ0) is 24.5. The number of methoxy groups -OCH3 is 1. The SMILES string of the molecule is CNC(=O)c1ccc(NC(=O)CN2C(=O)N[C@](C)(c3ccc4cc(OC)ccc4c3)C2=O)cc1. The van der Waals surface area contributed by atoms with Gasteiger partial charge in [0, 0.05) is 18.3 Å². The van der Waals surface area contributed by atoms with Gasteiger partial charge in [0.05, 0.1) is 7.11 Å². The average molecular weight is 460 g/mol. The van der Waals surface area contributed by atoms with Crippen LogP contribution in [0.4, 0.5) is 10.5 Å². The molecule has 1 atom stereocenters. The Balaban J connectivity index is 1.49. The summed E-state index contributed by atoms with van der Waals surface area (Å²) < 4.78 is 5.24. The van der Waals surface area contributed by atoms with Crippen LogP contribution < -0.4 is 20.7 Å². The lowest BCUT2D eigenvalue weighted by molar-refractivity contribution is -0.133. The van der Waals surface area contributed by atoms with Crippen LogP contribution in [0.1, 0.15) is 22.8 Å². The van der Waals surface area contributed by atoms with E-state index in [4.69, 9.17) is 4.74 Å². The van der Waals surface area contributed by atoms with Gasteiger partial charge in [-0.3, -0.25) is 19.3 Å². The number of fused-ring (bicyclic) bond motifs is 1. The molecular formula is C25H24N4O5. The summed E-state index contributed by atoms with van der Waals surface area (Å²) in [5.41, 5.74) is 0.188. The molecule has 3 aromatic carbocycles. The number of carbonyl (C=O) groups is 4. The predicted octanol–water partition coefficient (Wildman–Crippen LogP) is 2.61. The second-order valence-corrected chi connectivity index (χ2v) is 8.08. The lowest BCUT2D eigenvalue weighted by Gasteiger charge is -2.22. The minimum Gasteiger partial charge on any atom is -0.497 e. The third-order valence-electron chi connectivity index (χ3n) is 5.86. The summed E-state index contributed by atoms with van der Waals surface area (Å²) in [5.74, 6) is -0.581. The molecule has 9 heteroatoms. The van der Waals surface area contributed by atoms with Crippen molar-refractivity contribution in [1.82, 2.24) is 15.5 Å². The van der Waals surface area contributed by atoms with Crippen LogP contribution in [0.2, 0.25) is 0 Å². The fourth-order valence-electron chi connectivity index (χ4n) is 3.89. The van der Waals surface area contributed by atoms with Crippen molar-refractivity contribution in [2.24, 2.45) is 0 Å². The third-order valence-corrected chi connectivity index (χ3v) is 5.86. The summed E-state index contributed by atoms with van der Waals surface area (Å²) in [6.45, 7) is 1.18. The quantitative estimate of drug-likeness (QED) is 0.489. The fraction of sp³-hybridized carbons (Fsp3) is 0.200. The van der Waals surface area contributed by atoms with Crippen LogP contribution in [0.5, 0.6) is 5.75 Å². The molecule has 9 nitrogen and oxygen atoms in total. The number of ether oxygens (including phenoxy) is 1. The second-order valence-electron chi connectivity index (χ2n) is 8.08. The molecule has 0 radical (unpaired) electrons. The maximum absolute atomic E-state index is 13.2. The van der Waals surface area contributed by atoms with Crippen molar-refractivity contribution in [2.45, 2.75) is 12.5 Å². The van der Waals surface area contributed by atoms with E-state index in [2.05, 4.69) is 16.0 Å². The van der Waals surface area contributed by atoms with Gasteiger partial charge in [0.25, 0.3) is 11.8 Å². The molecule has 1 heterocycles. The molecule has 1 aliphatic heterocycles. The number of rotatable bonds is 6. The number of hydrogen-bond acceptors (Lipinski definition) is 5. The van der Waals surface area contributed by atoms with Gasteiger partial charge in [-0.25, -0.2) is 4.79 Å². The van der Waals surface area contributed by atoms with Crippen molar-refractivity contribution < 1.29 is 23.9 Å². The van der Waals surface area contributed by atoms with Gasteiger partial charge in [0.1, 0.15) is 17.8 Å². The molecule has 1 aliphatic rings. The minimum atomic E-state index is -1.30. The molecule has 0 aromatic heterocycles. The van der Waals surface area contributed by atoms with Crippen molar-refractivity contribution in [3.05, 3.63) is 71.8 Å². The number of anilines is 1. The molecule has 0 bridgehead atoms. The van der Waals surface area contributed by atoms with Crippen molar-refractivity contribution in [2.75, 3.05) is 26.0 Å². The molecule has 3 aromatic rings. The van der Waals surface area contributed by atoms with Gasteiger partial charge in [-0.05, 0) is 65.7 Å². The van der Waals surface area contributed by atoms with E-state index >= 15 is 0 Å². The topological polar surface area (TPSA) is 117 Å². The second kappa shape index (κ2) is 8.86. The number of urea groups is 1. The molecule has 1 saturated heterocycles. The molecule has 34 heavy (non-hydrogen) atoms. The van der Waals surface area contributed by atoms with Crippen LogP contribution >= 0.6 is 0 Å². The summed E-state index contributed by atoms with van der Waals surface area (Å²) in [7, 11) is 3.12. The van der Waals surface area contributed by atoms with Crippen LogP contribution in [0.25, 0.3) is 10.8 Å². The van der Waals surface area contributed by atoms with E-state index in [9.17, 15) is 19.2 Å². The highest BCUT2D eigenvalue weighted by Gasteiger charge is 2.49. The van der Waals surface area contributed by atoms with Crippen molar-refractivity contribution in [3.63, 3.8) is 0 Å². The Hall–Kier alpha value is -4.40. The van der Waals surface area contributed by atoms with E-state index in [1.54, 1.807) is 44.4 Å². The van der Waals surface area contributed by atoms with Crippen molar-refractivity contribution in [3.8, 4) is 5.75 Å². The molecule has 0 unspecified atom stereocenters. The number of amides is 5. The number of nitrogens with one attached hydrogen (secondary N) is 3. The van der Waals surface area contributed by atoms with Crippen LogP contribution in [0.15, 0.2) is 60.7 Å². The molecule has 0 spiro atoms. The van der Waals surface area contributed by atoms with Crippen LogP contribution in [-0.2, 0) is 15.1 Å². The molecular weight excluding hydrogens is 436 g/mol. The van der Waals surface area contributed by atoms with Gasteiger partial charge in [0.15, 0.2) is 0 Å². The van der Waals surface area contributed by atoms with Crippen LogP contribution in [-0.4, -0.2) is 49.4 Å². The van der Waals surface area contributed by atoms with Crippen LogP contribution in [0.3, 0.4) is 0 Å². The molecule has 5 amide bonds. The highest BCUT2D eigenvalue weighted by atomic mass is 16.5. The van der Waals surface area contributed by atoms with Crippen LogP contribution in [0, 0.1) is 0 Å². The minimum absolute atomic E-state index is 0.246. The fourth-order valence-corrected chi connectivity index (χ4v) is 3.89. The lowest BCUT2D eigenvalue weighted by Crippen LogP contribution is -2.42. The number of imide groups is 1. The Morgan fingerprint density at radius 2 is 1.68 bits per heavy atom. The van der Waals surface area contributed by atoms with Crippen molar-refractivity contribution in [1.29, 1.82) is 0 Å². The number of benzene rings is 3. The predicted molar refractivity (Wildman–Crippen MR) is 127 cm³/mol. The zero-order valence-corrected chi connectivity index (χ0v) is 19.0. The van der Waals surface area contributed by atoms with Crippen molar-refractivity contribution >= 4 is 40.2 Å². The van der Waals surface area contributed by atoms with E-state index in [1.165, 1.54) is 7.05 Å².